The van der Waals surface area contributed by atoms with Crippen molar-refractivity contribution >= 4 is 19.7 Å². The van der Waals surface area contributed by atoms with Crippen LogP contribution in [0, 0.1) is 13.8 Å². The van der Waals surface area contributed by atoms with E-state index in [0.29, 0.717) is 17.9 Å². The molecular weight excluding hydrogens is 274 g/mol. The van der Waals surface area contributed by atoms with Gasteiger partial charge in [-0.15, -0.1) is 0 Å². The van der Waals surface area contributed by atoms with Crippen molar-refractivity contribution in [3.63, 3.8) is 0 Å². The van der Waals surface area contributed by atoms with Crippen LogP contribution in [0.25, 0.3) is 0 Å². The lowest BCUT2D eigenvalue weighted by Gasteiger charge is -2.18. The second-order valence-electron chi connectivity index (χ2n) is 4.19. The molecule has 18 heavy (non-hydrogen) atoms. The van der Waals surface area contributed by atoms with Crippen molar-refractivity contribution in [1.29, 1.82) is 0 Å². The standard InChI is InChI=1S/C11H20ClN3O2S/c1-5-14(6-2)7-8-15-10(4)11(9(3)13-15)18(12,16)17/h5-8H2,1-4H3. The summed E-state index contributed by atoms with van der Waals surface area (Å²) in [5, 5.41) is 4.24. The van der Waals surface area contributed by atoms with Crippen molar-refractivity contribution in [2.45, 2.75) is 39.1 Å². The molecule has 7 heteroatoms. The normalized spacial score (nSPS) is 12.3. The van der Waals surface area contributed by atoms with E-state index in [4.69, 9.17) is 10.7 Å². The monoisotopic (exact) mass is 293 g/mol. The van der Waals surface area contributed by atoms with Crippen LogP contribution >= 0.6 is 10.7 Å². The fourth-order valence-electron chi connectivity index (χ4n) is 2.03. The van der Waals surface area contributed by atoms with Crippen LogP contribution in [0.4, 0.5) is 0 Å². The zero-order chi connectivity index (χ0) is 13.9. The van der Waals surface area contributed by atoms with Gasteiger partial charge in [0.05, 0.1) is 17.9 Å². The second-order valence-corrected chi connectivity index (χ2v) is 6.69. The summed E-state index contributed by atoms with van der Waals surface area (Å²) >= 11 is 0. The highest BCUT2D eigenvalue weighted by Gasteiger charge is 2.22. The van der Waals surface area contributed by atoms with Gasteiger partial charge in [0.15, 0.2) is 0 Å². The zero-order valence-electron chi connectivity index (χ0n) is 11.3. The van der Waals surface area contributed by atoms with Crippen molar-refractivity contribution in [1.82, 2.24) is 14.7 Å². The van der Waals surface area contributed by atoms with Crippen LogP contribution in [0.15, 0.2) is 4.90 Å². The van der Waals surface area contributed by atoms with Gasteiger partial charge in [0.25, 0.3) is 9.05 Å². The van der Waals surface area contributed by atoms with Crippen LogP contribution in [0.1, 0.15) is 25.2 Å². The van der Waals surface area contributed by atoms with E-state index in [-0.39, 0.29) is 4.90 Å². The molecule has 1 aromatic rings. The molecule has 0 saturated carbocycles. The fraction of sp³-hybridized carbons (Fsp3) is 0.727. The van der Waals surface area contributed by atoms with E-state index < -0.39 is 9.05 Å². The molecule has 0 saturated heterocycles. The van der Waals surface area contributed by atoms with E-state index in [1.807, 2.05) is 0 Å². The first-order chi connectivity index (χ1) is 8.31. The summed E-state index contributed by atoms with van der Waals surface area (Å²) in [5.41, 5.74) is 1.07. The number of aryl methyl sites for hydroxylation is 1. The number of aromatic nitrogens is 2. The van der Waals surface area contributed by atoms with Crippen molar-refractivity contribution in [2.75, 3.05) is 19.6 Å². The summed E-state index contributed by atoms with van der Waals surface area (Å²) in [6.45, 7) is 11.0. The molecule has 104 valence electrons. The Morgan fingerprint density at radius 3 is 2.22 bits per heavy atom. The van der Waals surface area contributed by atoms with Gasteiger partial charge >= 0.3 is 0 Å². The topological polar surface area (TPSA) is 55.2 Å². The quantitative estimate of drug-likeness (QED) is 0.750. The molecule has 0 aliphatic rings. The Morgan fingerprint density at radius 1 is 1.28 bits per heavy atom. The van der Waals surface area contributed by atoms with Crippen LogP contribution in [0.5, 0.6) is 0 Å². The Hall–Kier alpha value is -0.590. The molecule has 0 N–H and O–H groups in total. The van der Waals surface area contributed by atoms with Crippen LogP contribution in [-0.2, 0) is 15.6 Å². The van der Waals surface area contributed by atoms with Crippen LogP contribution < -0.4 is 0 Å². The molecule has 1 heterocycles. The minimum Gasteiger partial charge on any atom is -0.302 e. The van der Waals surface area contributed by atoms with E-state index in [2.05, 4.69) is 23.8 Å². The smallest absolute Gasteiger partial charge is 0.264 e. The van der Waals surface area contributed by atoms with E-state index >= 15 is 0 Å². The van der Waals surface area contributed by atoms with E-state index in [9.17, 15) is 8.42 Å². The third-order valence-corrected chi connectivity index (χ3v) is 4.62. The Bertz CT molecular complexity index is 507. The third kappa shape index (κ3) is 3.46. The maximum absolute atomic E-state index is 11.4. The van der Waals surface area contributed by atoms with Gasteiger partial charge in [-0.3, -0.25) is 4.68 Å². The first-order valence-electron chi connectivity index (χ1n) is 6.02. The summed E-state index contributed by atoms with van der Waals surface area (Å²) in [4.78, 5) is 2.40. The van der Waals surface area contributed by atoms with E-state index in [1.54, 1.807) is 18.5 Å². The highest BCUT2D eigenvalue weighted by atomic mass is 35.7. The molecule has 1 rings (SSSR count). The van der Waals surface area contributed by atoms with Gasteiger partial charge in [-0.25, -0.2) is 8.42 Å². The molecule has 0 atom stereocenters. The van der Waals surface area contributed by atoms with E-state index in [0.717, 1.165) is 19.6 Å². The Kier molecular flexibility index (Phi) is 5.19. The lowest BCUT2D eigenvalue weighted by Crippen LogP contribution is -2.27. The predicted molar refractivity (Wildman–Crippen MR) is 72.5 cm³/mol. The number of halogens is 1. The first kappa shape index (κ1) is 15.5. The van der Waals surface area contributed by atoms with Crippen LogP contribution in [0.3, 0.4) is 0 Å². The molecule has 0 aromatic carbocycles. The number of hydrogen-bond donors (Lipinski definition) is 0. The molecular formula is C11H20ClN3O2S. The average molecular weight is 294 g/mol. The zero-order valence-corrected chi connectivity index (χ0v) is 12.8. The summed E-state index contributed by atoms with van der Waals surface area (Å²) in [6.07, 6.45) is 0. The van der Waals surface area contributed by atoms with Gasteiger partial charge in [0.1, 0.15) is 4.90 Å². The Morgan fingerprint density at radius 2 is 1.83 bits per heavy atom. The molecule has 0 spiro atoms. The van der Waals surface area contributed by atoms with Gasteiger partial charge in [0, 0.05) is 17.2 Å². The minimum atomic E-state index is -3.72. The summed E-state index contributed by atoms with van der Waals surface area (Å²) in [6, 6.07) is 0. The maximum atomic E-state index is 11.4. The van der Waals surface area contributed by atoms with E-state index in [1.165, 1.54) is 0 Å². The molecule has 0 radical (unpaired) electrons. The Balaban J connectivity index is 2.93. The second kappa shape index (κ2) is 6.04. The number of rotatable bonds is 6. The third-order valence-electron chi connectivity index (χ3n) is 3.08. The molecule has 1 aromatic heterocycles. The van der Waals surface area contributed by atoms with Gasteiger partial charge in [-0.1, -0.05) is 13.8 Å². The SMILES string of the molecule is CCN(CC)CCn1nc(C)c(S(=O)(=O)Cl)c1C. The average Bonchev–Trinajstić information content (AvgIpc) is 2.54. The predicted octanol–water partition coefficient (Wildman–Crippen LogP) is 1.77. The lowest BCUT2D eigenvalue weighted by molar-refractivity contribution is 0.284. The number of likely N-dealkylation sites (N-methyl/N-ethyl adjacent to an activating group) is 1. The summed E-state index contributed by atoms with van der Waals surface area (Å²) in [5.74, 6) is 0. The largest absolute Gasteiger partial charge is 0.302 e. The fourth-order valence-corrected chi connectivity index (χ4v) is 3.55. The van der Waals surface area contributed by atoms with Gasteiger partial charge < -0.3 is 4.90 Å². The number of nitrogens with zero attached hydrogens (tertiary/aromatic N) is 3. The Labute approximate surface area is 113 Å². The minimum absolute atomic E-state index is 0.142. The molecule has 0 bridgehead atoms. The van der Waals surface area contributed by atoms with Crippen molar-refractivity contribution < 1.29 is 8.42 Å². The maximum Gasteiger partial charge on any atom is 0.264 e. The molecule has 0 fully saturated rings. The first-order valence-corrected chi connectivity index (χ1v) is 8.33. The molecule has 0 unspecified atom stereocenters. The van der Waals surface area contributed by atoms with Crippen LogP contribution in [-0.4, -0.2) is 42.7 Å². The lowest BCUT2D eigenvalue weighted by atomic mass is 10.4. The molecule has 0 aliphatic carbocycles. The van der Waals surface area contributed by atoms with Crippen LogP contribution in [0.2, 0.25) is 0 Å². The molecule has 5 nitrogen and oxygen atoms in total. The highest BCUT2D eigenvalue weighted by Crippen LogP contribution is 2.22. The van der Waals surface area contributed by atoms with Gasteiger partial charge in [0.2, 0.25) is 0 Å². The number of hydrogen-bond acceptors (Lipinski definition) is 4. The summed E-state index contributed by atoms with van der Waals surface area (Å²) in [7, 11) is 1.69. The van der Waals surface area contributed by atoms with Crippen molar-refractivity contribution in [2.24, 2.45) is 0 Å². The highest BCUT2D eigenvalue weighted by molar-refractivity contribution is 8.13. The van der Waals surface area contributed by atoms with Gasteiger partial charge in [-0.05, 0) is 26.9 Å². The van der Waals surface area contributed by atoms with Crippen molar-refractivity contribution in [3.8, 4) is 0 Å². The molecule has 0 aliphatic heterocycles. The molecule has 0 amide bonds. The van der Waals surface area contributed by atoms with Crippen molar-refractivity contribution in [3.05, 3.63) is 11.4 Å². The summed E-state index contributed by atoms with van der Waals surface area (Å²) < 4.78 is 24.6. The van der Waals surface area contributed by atoms with Gasteiger partial charge in [-0.2, -0.15) is 5.10 Å².